The topological polar surface area (TPSA) is 91.4 Å². The molecule has 0 unspecified atom stereocenters. The van der Waals surface area contributed by atoms with Gasteiger partial charge in [0.2, 0.25) is 12.7 Å². The summed E-state index contributed by atoms with van der Waals surface area (Å²) in [5.41, 5.74) is 1.57. The summed E-state index contributed by atoms with van der Waals surface area (Å²) in [4.78, 5) is 12.3. The number of nitrogens with one attached hydrogen (secondary N) is 1. The molecule has 0 saturated carbocycles. The molecular weight excluding hydrogens is 368 g/mol. The Labute approximate surface area is 159 Å². The number of hydrogen-bond acceptors (Lipinski definition) is 7. The van der Waals surface area contributed by atoms with Gasteiger partial charge in [0, 0.05) is 18.3 Å². The average Bonchev–Trinajstić information content (AvgIpc) is 3.38. The van der Waals surface area contributed by atoms with Crippen molar-refractivity contribution in [2.45, 2.75) is 25.5 Å². The summed E-state index contributed by atoms with van der Waals surface area (Å²) >= 11 is 1.34. The second kappa shape index (κ2) is 7.36. The number of nitrogens with zero attached hydrogens (tertiary/aromatic N) is 3. The van der Waals surface area contributed by atoms with Crippen molar-refractivity contribution in [3.8, 4) is 22.9 Å². The van der Waals surface area contributed by atoms with E-state index in [0.717, 1.165) is 17.1 Å². The zero-order valence-electron chi connectivity index (χ0n) is 14.9. The van der Waals surface area contributed by atoms with Gasteiger partial charge in [-0.05, 0) is 32.0 Å². The number of thioether (sulfide) groups is 1. The zero-order chi connectivity index (χ0) is 18.8. The van der Waals surface area contributed by atoms with Crippen LogP contribution in [-0.4, -0.2) is 33.2 Å². The molecule has 0 atom stereocenters. The molecule has 1 aliphatic heterocycles. The smallest absolute Gasteiger partial charge is 0.234 e. The number of hydrogen-bond donors (Lipinski definition) is 1. The quantitative estimate of drug-likeness (QED) is 0.650. The van der Waals surface area contributed by atoms with E-state index in [1.165, 1.54) is 11.8 Å². The van der Waals surface area contributed by atoms with Crippen molar-refractivity contribution >= 4 is 23.4 Å². The molecule has 9 heteroatoms. The van der Waals surface area contributed by atoms with Crippen LogP contribution in [0.1, 0.15) is 12.7 Å². The van der Waals surface area contributed by atoms with Crippen LogP contribution in [0.15, 0.2) is 40.1 Å². The maximum atomic E-state index is 12.3. The fourth-order valence-electron chi connectivity index (χ4n) is 2.80. The number of amides is 1. The second-order valence-corrected chi connectivity index (χ2v) is 6.79. The molecule has 0 bridgehead atoms. The molecule has 140 valence electrons. The van der Waals surface area contributed by atoms with Gasteiger partial charge in [-0.1, -0.05) is 11.8 Å². The van der Waals surface area contributed by atoms with Gasteiger partial charge in [0.1, 0.15) is 5.76 Å². The molecular formula is C18H18N4O4S. The van der Waals surface area contributed by atoms with Crippen LogP contribution in [0.2, 0.25) is 0 Å². The number of aromatic nitrogens is 3. The SMILES string of the molecule is CCn1c(SCC(=O)Nc2ccc3c(c2)OCO3)nnc1-c1ccoc1C. The van der Waals surface area contributed by atoms with Crippen LogP contribution >= 0.6 is 11.8 Å². The van der Waals surface area contributed by atoms with Gasteiger partial charge in [0.05, 0.1) is 17.6 Å². The Balaban J connectivity index is 1.42. The van der Waals surface area contributed by atoms with Gasteiger partial charge < -0.3 is 23.8 Å². The minimum atomic E-state index is -0.134. The summed E-state index contributed by atoms with van der Waals surface area (Å²) in [7, 11) is 0. The van der Waals surface area contributed by atoms with Crippen LogP contribution in [0.4, 0.5) is 5.69 Å². The maximum absolute atomic E-state index is 12.3. The molecule has 3 aromatic rings. The monoisotopic (exact) mass is 386 g/mol. The van der Waals surface area contributed by atoms with E-state index in [4.69, 9.17) is 13.9 Å². The molecule has 2 aromatic heterocycles. The fraction of sp³-hybridized carbons (Fsp3) is 0.278. The van der Waals surface area contributed by atoms with Gasteiger partial charge >= 0.3 is 0 Å². The molecule has 0 fully saturated rings. The van der Waals surface area contributed by atoms with Crippen LogP contribution in [0.3, 0.4) is 0 Å². The van der Waals surface area contributed by atoms with Crippen molar-refractivity contribution in [2.75, 3.05) is 17.9 Å². The summed E-state index contributed by atoms with van der Waals surface area (Å²) in [6.07, 6.45) is 1.63. The maximum Gasteiger partial charge on any atom is 0.234 e. The molecule has 4 rings (SSSR count). The van der Waals surface area contributed by atoms with E-state index in [9.17, 15) is 4.79 Å². The Kier molecular flexibility index (Phi) is 4.76. The predicted octanol–water partition coefficient (Wildman–Crippen LogP) is 3.33. The van der Waals surface area contributed by atoms with E-state index < -0.39 is 0 Å². The number of benzene rings is 1. The van der Waals surface area contributed by atoms with Crippen molar-refractivity contribution in [2.24, 2.45) is 0 Å². The Morgan fingerprint density at radius 1 is 1.26 bits per heavy atom. The predicted molar refractivity (Wildman–Crippen MR) is 100 cm³/mol. The number of furan rings is 1. The number of carbonyl (C=O) groups is 1. The normalized spacial score (nSPS) is 12.4. The van der Waals surface area contributed by atoms with Gasteiger partial charge in [-0.2, -0.15) is 0 Å². The number of anilines is 1. The first kappa shape index (κ1) is 17.5. The van der Waals surface area contributed by atoms with Gasteiger partial charge in [-0.25, -0.2) is 0 Å². The minimum absolute atomic E-state index is 0.134. The summed E-state index contributed by atoms with van der Waals surface area (Å²) in [6, 6.07) is 7.17. The van der Waals surface area contributed by atoms with E-state index in [1.54, 1.807) is 24.5 Å². The Hall–Kier alpha value is -2.94. The van der Waals surface area contributed by atoms with Gasteiger partial charge in [-0.3, -0.25) is 4.79 Å². The Morgan fingerprint density at radius 2 is 2.11 bits per heavy atom. The summed E-state index contributed by atoms with van der Waals surface area (Å²) in [5.74, 6) is 2.92. The van der Waals surface area contributed by atoms with Gasteiger partial charge in [-0.15, -0.1) is 10.2 Å². The first-order chi connectivity index (χ1) is 13.2. The van der Waals surface area contributed by atoms with Crippen LogP contribution in [0.5, 0.6) is 11.5 Å². The van der Waals surface area contributed by atoms with Crippen LogP contribution < -0.4 is 14.8 Å². The van der Waals surface area contributed by atoms with Crippen molar-refractivity contribution in [3.63, 3.8) is 0 Å². The third-order valence-electron chi connectivity index (χ3n) is 4.12. The lowest BCUT2D eigenvalue weighted by atomic mass is 10.2. The highest BCUT2D eigenvalue weighted by Gasteiger charge is 2.18. The van der Waals surface area contributed by atoms with Crippen molar-refractivity contribution in [1.82, 2.24) is 14.8 Å². The van der Waals surface area contributed by atoms with Gasteiger partial charge in [0.25, 0.3) is 0 Å². The van der Waals surface area contributed by atoms with Crippen LogP contribution in [0.25, 0.3) is 11.4 Å². The molecule has 1 aromatic carbocycles. The molecule has 3 heterocycles. The standard InChI is InChI=1S/C18H18N4O4S/c1-3-22-17(13-6-7-24-11(13)2)20-21-18(22)27-9-16(23)19-12-4-5-14-15(8-12)26-10-25-14/h4-8H,3,9-10H2,1-2H3,(H,19,23). The van der Waals surface area contributed by atoms with Crippen LogP contribution in [-0.2, 0) is 11.3 Å². The van der Waals surface area contributed by atoms with E-state index in [2.05, 4.69) is 15.5 Å². The summed E-state index contributed by atoms with van der Waals surface area (Å²) in [6.45, 7) is 4.79. The number of rotatable bonds is 6. The molecule has 27 heavy (non-hydrogen) atoms. The highest BCUT2D eigenvalue weighted by atomic mass is 32.2. The highest BCUT2D eigenvalue weighted by Crippen LogP contribution is 2.34. The van der Waals surface area contributed by atoms with Crippen molar-refractivity contribution < 1.29 is 18.7 Å². The number of carbonyl (C=O) groups excluding carboxylic acids is 1. The van der Waals surface area contributed by atoms with Gasteiger partial charge in [0.15, 0.2) is 22.5 Å². The summed E-state index contributed by atoms with van der Waals surface area (Å²) < 4.78 is 17.9. The molecule has 1 N–H and O–H groups in total. The van der Waals surface area contributed by atoms with E-state index in [1.807, 2.05) is 24.5 Å². The first-order valence-corrected chi connectivity index (χ1v) is 9.44. The molecule has 0 aliphatic carbocycles. The molecule has 0 saturated heterocycles. The van der Waals surface area contributed by atoms with Crippen molar-refractivity contribution in [1.29, 1.82) is 0 Å². The fourth-order valence-corrected chi connectivity index (χ4v) is 3.60. The lowest BCUT2D eigenvalue weighted by molar-refractivity contribution is -0.113. The average molecular weight is 386 g/mol. The Morgan fingerprint density at radius 3 is 2.89 bits per heavy atom. The molecule has 1 amide bonds. The molecule has 1 aliphatic rings. The minimum Gasteiger partial charge on any atom is -0.469 e. The zero-order valence-corrected chi connectivity index (χ0v) is 15.7. The molecule has 0 spiro atoms. The molecule has 0 radical (unpaired) electrons. The number of aryl methyl sites for hydroxylation is 1. The lowest BCUT2D eigenvalue weighted by Crippen LogP contribution is -2.14. The molecule has 8 nitrogen and oxygen atoms in total. The second-order valence-electron chi connectivity index (χ2n) is 5.85. The Bertz CT molecular complexity index is 982. The van der Waals surface area contributed by atoms with Crippen molar-refractivity contribution in [3.05, 3.63) is 36.3 Å². The van der Waals surface area contributed by atoms with Crippen LogP contribution in [0, 0.1) is 6.92 Å². The number of fused-ring (bicyclic) bond motifs is 1. The third-order valence-corrected chi connectivity index (χ3v) is 5.09. The highest BCUT2D eigenvalue weighted by molar-refractivity contribution is 7.99. The third kappa shape index (κ3) is 3.50. The largest absolute Gasteiger partial charge is 0.469 e. The number of ether oxygens (including phenoxy) is 2. The lowest BCUT2D eigenvalue weighted by Gasteiger charge is -2.08. The first-order valence-electron chi connectivity index (χ1n) is 8.45. The summed E-state index contributed by atoms with van der Waals surface area (Å²) in [5, 5.41) is 12.0. The van der Waals surface area contributed by atoms with E-state index in [-0.39, 0.29) is 18.5 Å². The van der Waals surface area contributed by atoms with E-state index in [0.29, 0.717) is 28.9 Å². The van der Waals surface area contributed by atoms with E-state index >= 15 is 0 Å².